The second-order valence-corrected chi connectivity index (χ2v) is 11.5. The maximum absolute atomic E-state index is 13.4. The summed E-state index contributed by atoms with van der Waals surface area (Å²) in [5.74, 6) is -0.724. The number of rotatable bonds is 6. The van der Waals surface area contributed by atoms with Crippen LogP contribution in [0.2, 0.25) is 0 Å². The molecule has 1 aromatic carbocycles. The fourth-order valence-corrected chi connectivity index (χ4v) is 4.66. The van der Waals surface area contributed by atoms with Crippen molar-refractivity contribution in [1.82, 2.24) is 9.80 Å². The Balaban J connectivity index is 1.78. The van der Waals surface area contributed by atoms with Crippen LogP contribution in [0, 0.1) is 11.2 Å². The van der Waals surface area contributed by atoms with E-state index < -0.39 is 29.1 Å². The molecule has 0 saturated carbocycles. The second kappa shape index (κ2) is 10.1. The Labute approximate surface area is 206 Å². The SMILES string of the molecule is CC(C)(C)OC(=O)CCC(=O)N1C[C@H](Oc2ccc(F)cc2)[C@@H]2[C@H]1CCN2C(=O)[C@@H](N)C(C)(C)C. The topological polar surface area (TPSA) is 102 Å². The van der Waals surface area contributed by atoms with Crippen molar-refractivity contribution in [3.8, 4) is 5.75 Å². The summed E-state index contributed by atoms with van der Waals surface area (Å²) in [5.41, 5.74) is 5.25. The Morgan fingerprint density at radius 2 is 1.69 bits per heavy atom. The van der Waals surface area contributed by atoms with Crippen molar-refractivity contribution in [3.63, 3.8) is 0 Å². The quantitative estimate of drug-likeness (QED) is 0.614. The normalized spacial score (nSPS) is 23.1. The third-order valence-electron chi connectivity index (χ3n) is 6.44. The zero-order valence-electron chi connectivity index (χ0n) is 21.5. The van der Waals surface area contributed by atoms with E-state index in [1.54, 1.807) is 30.6 Å². The number of benzene rings is 1. The van der Waals surface area contributed by atoms with E-state index in [0.717, 1.165) is 0 Å². The van der Waals surface area contributed by atoms with Gasteiger partial charge in [0.1, 0.15) is 23.3 Å². The largest absolute Gasteiger partial charge is 0.486 e. The molecule has 0 spiro atoms. The lowest BCUT2D eigenvalue weighted by Gasteiger charge is -2.34. The van der Waals surface area contributed by atoms with Gasteiger partial charge in [0.05, 0.1) is 31.1 Å². The minimum Gasteiger partial charge on any atom is -0.486 e. The van der Waals surface area contributed by atoms with Crippen LogP contribution < -0.4 is 10.5 Å². The van der Waals surface area contributed by atoms with E-state index in [2.05, 4.69) is 0 Å². The first kappa shape index (κ1) is 26.9. The van der Waals surface area contributed by atoms with Crippen LogP contribution in [0.3, 0.4) is 0 Å². The maximum atomic E-state index is 13.4. The predicted octanol–water partition coefficient (Wildman–Crippen LogP) is 2.88. The summed E-state index contributed by atoms with van der Waals surface area (Å²) in [4.78, 5) is 42.1. The number of carbonyl (C=O) groups is 3. The number of esters is 1. The van der Waals surface area contributed by atoms with Gasteiger partial charge in [-0.1, -0.05) is 20.8 Å². The molecule has 0 bridgehead atoms. The van der Waals surface area contributed by atoms with Crippen molar-refractivity contribution in [2.24, 2.45) is 11.1 Å². The second-order valence-electron chi connectivity index (χ2n) is 11.5. The molecule has 8 nitrogen and oxygen atoms in total. The van der Waals surface area contributed by atoms with Crippen LogP contribution >= 0.6 is 0 Å². The first-order valence-corrected chi connectivity index (χ1v) is 12.2. The van der Waals surface area contributed by atoms with E-state index in [-0.39, 0.29) is 49.1 Å². The van der Waals surface area contributed by atoms with E-state index in [4.69, 9.17) is 15.2 Å². The standard InChI is InChI=1S/C26H38FN3O5/c1-25(2,3)23(28)24(33)29-14-13-18-22(29)19(34-17-9-7-16(27)8-10-17)15-30(18)20(31)11-12-21(32)35-26(4,5)6/h7-10,18-19,22-23H,11-15,28H2,1-6H3/t18-,19+,22+,23-/m1/s1. The molecule has 4 atom stereocenters. The molecular weight excluding hydrogens is 453 g/mol. The molecule has 2 saturated heterocycles. The lowest BCUT2D eigenvalue weighted by atomic mass is 9.86. The summed E-state index contributed by atoms with van der Waals surface area (Å²) in [6.45, 7) is 11.8. The molecule has 2 aliphatic heterocycles. The molecule has 0 aliphatic carbocycles. The summed E-state index contributed by atoms with van der Waals surface area (Å²) < 4.78 is 24.9. The van der Waals surface area contributed by atoms with E-state index in [1.165, 1.54) is 24.3 Å². The molecule has 2 amide bonds. The lowest BCUT2D eigenvalue weighted by molar-refractivity contribution is -0.156. The minimum atomic E-state index is -0.704. The summed E-state index contributed by atoms with van der Waals surface area (Å²) in [6.07, 6.45) is 0.0749. The van der Waals surface area contributed by atoms with Crippen molar-refractivity contribution < 1.29 is 28.2 Å². The molecule has 1 aromatic rings. The Bertz CT molecular complexity index is 938. The Morgan fingerprint density at radius 1 is 1.06 bits per heavy atom. The van der Waals surface area contributed by atoms with Crippen LogP contribution in [0.4, 0.5) is 4.39 Å². The highest BCUT2D eigenvalue weighted by atomic mass is 19.1. The number of carbonyl (C=O) groups excluding carboxylic acids is 3. The monoisotopic (exact) mass is 491 g/mol. The first-order chi connectivity index (χ1) is 16.2. The number of halogens is 1. The average molecular weight is 492 g/mol. The molecule has 2 fully saturated rings. The molecule has 0 unspecified atom stereocenters. The predicted molar refractivity (Wildman–Crippen MR) is 129 cm³/mol. The van der Waals surface area contributed by atoms with Crippen LogP contribution in [0.15, 0.2) is 24.3 Å². The zero-order valence-corrected chi connectivity index (χ0v) is 21.5. The molecule has 2 aliphatic rings. The van der Waals surface area contributed by atoms with Gasteiger partial charge in [0.2, 0.25) is 11.8 Å². The molecule has 0 aromatic heterocycles. The van der Waals surface area contributed by atoms with Gasteiger partial charge in [0.25, 0.3) is 0 Å². The Kier molecular flexibility index (Phi) is 7.79. The average Bonchev–Trinajstić information content (AvgIpc) is 3.32. The first-order valence-electron chi connectivity index (χ1n) is 12.2. The molecule has 0 radical (unpaired) electrons. The van der Waals surface area contributed by atoms with Crippen LogP contribution in [0.25, 0.3) is 0 Å². The summed E-state index contributed by atoms with van der Waals surface area (Å²) in [6, 6.07) is 4.33. The van der Waals surface area contributed by atoms with Crippen molar-refractivity contribution in [2.75, 3.05) is 13.1 Å². The van der Waals surface area contributed by atoms with Gasteiger partial charge < -0.3 is 25.0 Å². The summed E-state index contributed by atoms with van der Waals surface area (Å²) >= 11 is 0. The number of hydrogen-bond acceptors (Lipinski definition) is 6. The fourth-order valence-electron chi connectivity index (χ4n) is 4.66. The lowest BCUT2D eigenvalue weighted by Crippen LogP contribution is -2.55. The Morgan fingerprint density at radius 3 is 2.26 bits per heavy atom. The Hall–Kier alpha value is -2.68. The van der Waals surface area contributed by atoms with E-state index in [1.807, 2.05) is 20.8 Å². The molecule has 9 heteroatoms. The van der Waals surface area contributed by atoms with Gasteiger partial charge in [-0.25, -0.2) is 4.39 Å². The van der Waals surface area contributed by atoms with E-state index in [0.29, 0.717) is 18.7 Å². The highest BCUT2D eigenvalue weighted by molar-refractivity contribution is 5.85. The smallest absolute Gasteiger partial charge is 0.306 e. The third kappa shape index (κ3) is 6.51. The van der Waals surface area contributed by atoms with Crippen LogP contribution in [0.5, 0.6) is 5.75 Å². The van der Waals surface area contributed by atoms with Crippen LogP contribution in [0.1, 0.15) is 60.8 Å². The van der Waals surface area contributed by atoms with Crippen molar-refractivity contribution in [2.45, 2.75) is 90.6 Å². The molecule has 194 valence electrons. The number of fused-ring (bicyclic) bond motifs is 1. The van der Waals surface area contributed by atoms with Crippen LogP contribution in [-0.2, 0) is 19.1 Å². The number of likely N-dealkylation sites (tertiary alicyclic amines) is 2. The third-order valence-corrected chi connectivity index (χ3v) is 6.44. The van der Waals surface area contributed by atoms with Gasteiger partial charge in [-0.2, -0.15) is 0 Å². The van der Waals surface area contributed by atoms with Gasteiger partial charge in [-0.05, 0) is 56.9 Å². The number of ether oxygens (including phenoxy) is 2. The summed E-state index contributed by atoms with van der Waals surface area (Å²) in [5, 5.41) is 0. The van der Waals surface area contributed by atoms with Gasteiger partial charge >= 0.3 is 5.97 Å². The van der Waals surface area contributed by atoms with Gasteiger partial charge in [-0.3, -0.25) is 14.4 Å². The van der Waals surface area contributed by atoms with Gasteiger partial charge in [0, 0.05) is 13.0 Å². The minimum absolute atomic E-state index is 0.0108. The number of nitrogens with two attached hydrogens (primary N) is 1. The van der Waals surface area contributed by atoms with Gasteiger partial charge in [-0.15, -0.1) is 0 Å². The molecule has 35 heavy (non-hydrogen) atoms. The van der Waals surface area contributed by atoms with Crippen molar-refractivity contribution >= 4 is 17.8 Å². The van der Waals surface area contributed by atoms with Crippen molar-refractivity contribution in [1.29, 1.82) is 0 Å². The number of nitrogens with zero attached hydrogens (tertiary/aromatic N) is 2. The number of hydrogen-bond donors (Lipinski definition) is 1. The van der Waals surface area contributed by atoms with Crippen molar-refractivity contribution in [3.05, 3.63) is 30.1 Å². The summed E-state index contributed by atoms with van der Waals surface area (Å²) in [7, 11) is 0. The molecular formula is C26H38FN3O5. The molecule has 3 rings (SSSR count). The number of amides is 2. The highest BCUT2D eigenvalue weighted by Crippen LogP contribution is 2.36. The molecule has 2 heterocycles. The molecule has 2 N–H and O–H groups in total. The van der Waals surface area contributed by atoms with Gasteiger partial charge in [0.15, 0.2) is 0 Å². The van der Waals surface area contributed by atoms with E-state index in [9.17, 15) is 18.8 Å². The van der Waals surface area contributed by atoms with E-state index >= 15 is 0 Å². The van der Waals surface area contributed by atoms with Crippen LogP contribution in [-0.4, -0.2) is 70.5 Å². The highest BCUT2D eigenvalue weighted by Gasteiger charge is 2.54. The fraction of sp³-hybridized carbons (Fsp3) is 0.654. The zero-order chi connectivity index (χ0) is 26.1. The maximum Gasteiger partial charge on any atom is 0.306 e.